The number of amides is 1. The molecule has 0 saturated heterocycles. The fraction of sp³-hybridized carbons (Fsp3) is 0.632. The number of nitrogens with one attached hydrogen (secondary N) is 1. The first-order valence-electron chi connectivity index (χ1n) is 9.03. The molecule has 3 rings (SSSR count). The fourth-order valence-corrected chi connectivity index (χ4v) is 5.77. The van der Waals surface area contributed by atoms with Crippen molar-refractivity contribution in [1.29, 1.82) is 0 Å². The summed E-state index contributed by atoms with van der Waals surface area (Å²) in [6.45, 7) is 5.52. The van der Waals surface area contributed by atoms with Crippen molar-refractivity contribution in [2.75, 3.05) is 10.6 Å². The van der Waals surface area contributed by atoms with Gasteiger partial charge in [-0.25, -0.2) is 8.42 Å². The molecule has 0 unspecified atom stereocenters. The minimum atomic E-state index is -3.57. The molecule has 1 amide bonds. The predicted octanol–water partition coefficient (Wildman–Crippen LogP) is 2.76. The van der Waals surface area contributed by atoms with E-state index >= 15 is 0 Å². The lowest BCUT2D eigenvalue weighted by Gasteiger charge is -2.31. The summed E-state index contributed by atoms with van der Waals surface area (Å²) in [5.74, 6) is 1.09. The zero-order chi connectivity index (χ0) is 18.4. The largest absolute Gasteiger partial charge is 0.351 e. The lowest BCUT2D eigenvalue weighted by Crippen LogP contribution is -2.51. The molecule has 0 aliphatic heterocycles. The predicted molar refractivity (Wildman–Crippen MR) is 100 cm³/mol. The van der Waals surface area contributed by atoms with Crippen LogP contribution in [0.25, 0.3) is 0 Å². The highest BCUT2D eigenvalue weighted by molar-refractivity contribution is 7.92. The molecule has 5 nitrogen and oxygen atoms in total. The minimum absolute atomic E-state index is 0.203. The first-order valence-corrected chi connectivity index (χ1v) is 10.9. The number of rotatable bonds is 5. The Balaban J connectivity index is 1.82. The van der Waals surface area contributed by atoms with Crippen molar-refractivity contribution in [2.45, 2.75) is 58.5 Å². The molecular formula is C19H28N2O3S. The number of sulfonamides is 1. The second kappa shape index (κ2) is 6.63. The Hall–Kier alpha value is -1.56. The zero-order valence-corrected chi connectivity index (χ0v) is 16.3. The third-order valence-electron chi connectivity index (χ3n) is 5.62. The van der Waals surface area contributed by atoms with E-state index in [0.29, 0.717) is 11.6 Å². The van der Waals surface area contributed by atoms with Gasteiger partial charge in [0.1, 0.15) is 6.04 Å². The number of hydrogen-bond donors (Lipinski definition) is 1. The Morgan fingerprint density at radius 2 is 1.80 bits per heavy atom. The normalized spacial score (nSPS) is 26.5. The Morgan fingerprint density at radius 3 is 2.28 bits per heavy atom. The monoisotopic (exact) mass is 364 g/mol. The summed E-state index contributed by atoms with van der Waals surface area (Å²) in [6, 6.07) is 5.05. The van der Waals surface area contributed by atoms with E-state index in [1.165, 1.54) is 23.6 Å². The summed E-state index contributed by atoms with van der Waals surface area (Å²) in [5, 5.41) is 3.12. The third-order valence-corrected chi connectivity index (χ3v) is 6.86. The number of carbonyl (C=O) groups is 1. The van der Waals surface area contributed by atoms with Gasteiger partial charge >= 0.3 is 0 Å². The lowest BCUT2D eigenvalue weighted by molar-refractivity contribution is -0.122. The van der Waals surface area contributed by atoms with Gasteiger partial charge in [0, 0.05) is 6.04 Å². The maximum absolute atomic E-state index is 12.8. The Labute approximate surface area is 150 Å². The number of benzene rings is 1. The van der Waals surface area contributed by atoms with E-state index in [0.717, 1.165) is 29.7 Å². The highest BCUT2D eigenvalue weighted by Gasteiger charge is 2.41. The Bertz CT molecular complexity index is 755. The summed E-state index contributed by atoms with van der Waals surface area (Å²) in [6.07, 6.45) is 5.84. The summed E-state index contributed by atoms with van der Waals surface area (Å²) in [4.78, 5) is 12.8. The molecular weight excluding hydrogens is 336 g/mol. The van der Waals surface area contributed by atoms with E-state index in [1.54, 1.807) is 6.92 Å². The molecule has 0 radical (unpaired) electrons. The van der Waals surface area contributed by atoms with Crippen molar-refractivity contribution in [2.24, 2.45) is 11.8 Å². The van der Waals surface area contributed by atoms with Crippen LogP contribution in [0.4, 0.5) is 5.69 Å². The zero-order valence-electron chi connectivity index (χ0n) is 15.5. The lowest BCUT2D eigenvalue weighted by atomic mass is 9.95. The molecule has 0 spiro atoms. The van der Waals surface area contributed by atoms with Crippen molar-refractivity contribution < 1.29 is 13.2 Å². The molecule has 6 heteroatoms. The standard InChI is InChI=1S/C19H28N2O3S/c1-12-7-13(2)9-17(8-12)21(25(4,23)24)14(3)19(22)20-18-11-15-5-6-16(18)10-15/h7-9,14-16,18H,5-6,10-11H2,1-4H3,(H,20,22)/t14-,15-,16-,18+/m0/s1. The molecule has 25 heavy (non-hydrogen) atoms. The van der Waals surface area contributed by atoms with Gasteiger partial charge in [-0.15, -0.1) is 0 Å². The average Bonchev–Trinajstić information content (AvgIpc) is 3.07. The molecule has 2 bridgehead atoms. The number of hydrogen-bond acceptors (Lipinski definition) is 3. The second-order valence-electron chi connectivity index (χ2n) is 7.87. The molecule has 1 aromatic carbocycles. The average molecular weight is 365 g/mol. The van der Waals surface area contributed by atoms with Crippen LogP contribution in [-0.4, -0.2) is 32.7 Å². The summed E-state index contributed by atoms with van der Waals surface area (Å²) in [5.41, 5.74) is 2.50. The quantitative estimate of drug-likeness (QED) is 0.874. The molecule has 1 aromatic rings. The van der Waals surface area contributed by atoms with Gasteiger partial charge in [-0.2, -0.15) is 0 Å². The van der Waals surface area contributed by atoms with E-state index < -0.39 is 16.1 Å². The minimum Gasteiger partial charge on any atom is -0.351 e. The van der Waals surface area contributed by atoms with Crippen LogP contribution in [0.3, 0.4) is 0 Å². The Kier molecular flexibility index (Phi) is 4.84. The van der Waals surface area contributed by atoms with E-state index in [2.05, 4.69) is 5.32 Å². The van der Waals surface area contributed by atoms with Crippen LogP contribution in [0, 0.1) is 25.7 Å². The topological polar surface area (TPSA) is 66.5 Å². The van der Waals surface area contributed by atoms with Crippen molar-refractivity contribution >= 4 is 21.6 Å². The van der Waals surface area contributed by atoms with Crippen LogP contribution in [0.2, 0.25) is 0 Å². The van der Waals surface area contributed by atoms with Crippen LogP contribution in [-0.2, 0) is 14.8 Å². The molecule has 1 N–H and O–H groups in total. The molecule has 2 saturated carbocycles. The smallest absolute Gasteiger partial charge is 0.243 e. The van der Waals surface area contributed by atoms with Gasteiger partial charge in [-0.1, -0.05) is 12.5 Å². The first kappa shape index (κ1) is 18.2. The molecule has 138 valence electrons. The SMILES string of the molecule is Cc1cc(C)cc(N([C@@H](C)C(=O)N[C@@H]2C[C@H]3CC[C@H]2C3)S(C)(=O)=O)c1. The molecule has 2 aliphatic rings. The van der Waals surface area contributed by atoms with Gasteiger partial charge in [0.05, 0.1) is 11.9 Å². The van der Waals surface area contributed by atoms with E-state index in [9.17, 15) is 13.2 Å². The third kappa shape index (κ3) is 3.84. The molecule has 0 aromatic heterocycles. The van der Waals surface area contributed by atoms with Gasteiger partial charge in [0.25, 0.3) is 0 Å². The number of fused-ring (bicyclic) bond motifs is 2. The Morgan fingerprint density at radius 1 is 1.16 bits per heavy atom. The van der Waals surface area contributed by atoms with Crippen molar-refractivity contribution in [3.05, 3.63) is 29.3 Å². The van der Waals surface area contributed by atoms with Gasteiger partial charge < -0.3 is 5.32 Å². The van der Waals surface area contributed by atoms with Gasteiger partial charge in [-0.05, 0) is 75.1 Å². The van der Waals surface area contributed by atoms with Gasteiger partial charge in [-0.3, -0.25) is 9.10 Å². The van der Waals surface area contributed by atoms with Crippen molar-refractivity contribution in [3.63, 3.8) is 0 Å². The van der Waals surface area contributed by atoms with Gasteiger partial charge in [0.2, 0.25) is 15.9 Å². The highest BCUT2D eigenvalue weighted by Crippen LogP contribution is 2.44. The van der Waals surface area contributed by atoms with Crippen LogP contribution < -0.4 is 9.62 Å². The van der Waals surface area contributed by atoms with E-state index in [1.807, 2.05) is 32.0 Å². The van der Waals surface area contributed by atoms with Crippen LogP contribution >= 0.6 is 0 Å². The van der Waals surface area contributed by atoms with Gasteiger partial charge in [0.15, 0.2) is 0 Å². The van der Waals surface area contributed by atoms with Crippen molar-refractivity contribution in [3.8, 4) is 0 Å². The number of carbonyl (C=O) groups excluding carboxylic acids is 1. The first-order chi connectivity index (χ1) is 11.6. The summed E-state index contributed by atoms with van der Waals surface area (Å²) in [7, 11) is -3.57. The summed E-state index contributed by atoms with van der Waals surface area (Å²) >= 11 is 0. The number of anilines is 1. The fourth-order valence-electron chi connectivity index (χ4n) is 4.61. The van der Waals surface area contributed by atoms with Crippen LogP contribution in [0.5, 0.6) is 0 Å². The summed E-state index contributed by atoms with van der Waals surface area (Å²) < 4.78 is 26.1. The maximum atomic E-state index is 12.8. The highest BCUT2D eigenvalue weighted by atomic mass is 32.2. The molecule has 2 fully saturated rings. The van der Waals surface area contributed by atoms with E-state index in [-0.39, 0.29) is 11.9 Å². The molecule has 2 aliphatic carbocycles. The maximum Gasteiger partial charge on any atom is 0.243 e. The second-order valence-corrected chi connectivity index (χ2v) is 9.73. The molecule has 0 heterocycles. The number of aryl methyl sites for hydroxylation is 2. The van der Waals surface area contributed by atoms with Crippen molar-refractivity contribution in [1.82, 2.24) is 5.32 Å². The molecule has 4 atom stereocenters. The van der Waals surface area contributed by atoms with Crippen LogP contribution in [0.15, 0.2) is 18.2 Å². The number of nitrogens with zero attached hydrogens (tertiary/aromatic N) is 1. The van der Waals surface area contributed by atoms with Crippen LogP contribution in [0.1, 0.15) is 43.7 Å². The van der Waals surface area contributed by atoms with E-state index in [4.69, 9.17) is 0 Å².